The number of alkyl halides is 1. The van der Waals surface area contributed by atoms with Crippen LogP contribution in [-0.2, 0) is 4.74 Å². The van der Waals surface area contributed by atoms with E-state index in [0.29, 0.717) is 6.10 Å². The topological polar surface area (TPSA) is 9.23 Å². The molecule has 0 aliphatic rings. The first kappa shape index (κ1) is 14.5. The third-order valence-electron chi connectivity index (χ3n) is 2.63. The van der Waals surface area contributed by atoms with Crippen LogP contribution in [0.25, 0.3) is 0 Å². The van der Waals surface area contributed by atoms with Gasteiger partial charge in [0.25, 0.3) is 0 Å². The summed E-state index contributed by atoms with van der Waals surface area (Å²) in [5.41, 5.74) is 1.26. The molecule has 1 unspecified atom stereocenters. The van der Waals surface area contributed by atoms with Gasteiger partial charge in [-0.3, -0.25) is 0 Å². The first-order valence-electron chi connectivity index (χ1n) is 5.68. The van der Waals surface area contributed by atoms with E-state index in [-0.39, 0.29) is 6.10 Å². The summed E-state index contributed by atoms with van der Waals surface area (Å²) < 4.78 is 8.22. The van der Waals surface area contributed by atoms with E-state index < -0.39 is 0 Å². The van der Waals surface area contributed by atoms with Crippen molar-refractivity contribution in [1.82, 2.24) is 0 Å². The van der Waals surface area contributed by atoms with Gasteiger partial charge in [0.15, 0.2) is 0 Å². The van der Waals surface area contributed by atoms with Gasteiger partial charge < -0.3 is 4.74 Å². The molecule has 1 rings (SSSR count). The molecule has 0 aromatic heterocycles. The van der Waals surface area contributed by atoms with Gasteiger partial charge in [0.05, 0.1) is 12.2 Å². The van der Waals surface area contributed by atoms with Crippen LogP contribution < -0.4 is 0 Å². The van der Waals surface area contributed by atoms with Crippen LogP contribution in [0, 0.1) is 0 Å². The largest absolute Gasteiger partial charge is 0.370 e. The second-order valence-electron chi connectivity index (χ2n) is 3.77. The van der Waals surface area contributed by atoms with Crippen molar-refractivity contribution < 1.29 is 4.74 Å². The fourth-order valence-electron chi connectivity index (χ4n) is 1.62. The second kappa shape index (κ2) is 7.67. The van der Waals surface area contributed by atoms with Gasteiger partial charge in [-0.05, 0) is 30.5 Å². The molecule has 16 heavy (non-hydrogen) atoms. The Bertz CT molecular complexity index is 313. The Labute approximate surface area is 120 Å². The molecule has 0 saturated carbocycles. The molecule has 1 atom stereocenters. The Morgan fingerprint density at radius 2 is 2.00 bits per heavy atom. The van der Waals surface area contributed by atoms with E-state index in [2.05, 4.69) is 70.6 Å². The lowest BCUT2D eigenvalue weighted by Gasteiger charge is -2.22. The predicted molar refractivity (Wildman–Crippen MR) is 81.2 cm³/mol. The Morgan fingerprint density at radius 3 is 2.50 bits per heavy atom. The van der Waals surface area contributed by atoms with Crippen molar-refractivity contribution in [3.05, 3.63) is 34.3 Å². The molecule has 0 spiro atoms. The minimum atomic E-state index is 0.211. The summed E-state index contributed by atoms with van der Waals surface area (Å²) in [6, 6.07) is 8.39. The van der Waals surface area contributed by atoms with Crippen molar-refractivity contribution in [2.24, 2.45) is 0 Å². The number of rotatable bonds is 6. The van der Waals surface area contributed by atoms with Crippen molar-refractivity contribution in [2.45, 2.75) is 38.9 Å². The Hall–Kier alpha value is 0.390. The van der Waals surface area contributed by atoms with Crippen LogP contribution in [0.4, 0.5) is 0 Å². The Balaban J connectivity index is 2.74. The smallest absolute Gasteiger partial charge is 0.0918 e. The molecule has 0 bridgehead atoms. The molecule has 0 aliphatic heterocycles. The van der Waals surface area contributed by atoms with Crippen LogP contribution in [0.3, 0.4) is 0 Å². The summed E-state index contributed by atoms with van der Waals surface area (Å²) in [6.07, 6.45) is 2.75. The zero-order valence-corrected chi connectivity index (χ0v) is 13.5. The Kier molecular flexibility index (Phi) is 6.92. The van der Waals surface area contributed by atoms with Gasteiger partial charge in [-0.25, -0.2) is 0 Å². The average molecular weight is 397 g/mol. The number of halogens is 2. The fourth-order valence-corrected chi connectivity index (χ4v) is 2.76. The summed E-state index contributed by atoms with van der Waals surface area (Å²) in [7, 11) is 0. The summed E-state index contributed by atoms with van der Waals surface area (Å²) in [5, 5.41) is 0. The summed E-state index contributed by atoms with van der Waals surface area (Å²) in [6.45, 7) is 4.36. The van der Waals surface area contributed by atoms with Crippen LogP contribution in [0.5, 0.6) is 0 Å². The summed E-state index contributed by atoms with van der Waals surface area (Å²) in [5.74, 6) is 0. The molecule has 90 valence electrons. The summed E-state index contributed by atoms with van der Waals surface area (Å²) in [4.78, 5) is 0. The number of hydrogen-bond donors (Lipinski definition) is 0. The zero-order valence-electron chi connectivity index (χ0n) is 9.75. The van der Waals surface area contributed by atoms with Crippen LogP contribution >= 0.6 is 38.5 Å². The van der Waals surface area contributed by atoms with Crippen LogP contribution in [0.2, 0.25) is 0 Å². The SMILES string of the molecule is CCC(CC)OC(CI)c1cccc(Br)c1. The van der Waals surface area contributed by atoms with Crippen molar-refractivity contribution >= 4 is 38.5 Å². The number of hydrogen-bond acceptors (Lipinski definition) is 1. The minimum absolute atomic E-state index is 0.211. The third kappa shape index (κ3) is 4.34. The lowest BCUT2D eigenvalue weighted by molar-refractivity contribution is -0.00307. The van der Waals surface area contributed by atoms with Crippen molar-refractivity contribution in [2.75, 3.05) is 4.43 Å². The first-order valence-corrected chi connectivity index (χ1v) is 8.00. The fraction of sp³-hybridized carbons (Fsp3) is 0.538. The molecule has 0 amide bonds. The van der Waals surface area contributed by atoms with Gasteiger partial charge >= 0.3 is 0 Å². The number of benzene rings is 1. The van der Waals surface area contributed by atoms with Crippen LogP contribution in [0.1, 0.15) is 38.4 Å². The molecular weight excluding hydrogens is 379 g/mol. The molecule has 1 aromatic carbocycles. The maximum absolute atomic E-state index is 6.11. The molecule has 0 N–H and O–H groups in total. The van der Waals surface area contributed by atoms with Crippen molar-refractivity contribution in [3.8, 4) is 0 Å². The van der Waals surface area contributed by atoms with Crippen LogP contribution in [-0.4, -0.2) is 10.5 Å². The minimum Gasteiger partial charge on any atom is -0.370 e. The van der Waals surface area contributed by atoms with E-state index in [9.17, 15) is 0 Å². The lowest BCUT2D eigenvalue weighted by Crippen LogP contribution is -2.16. The predicted octanol–water partition coefficient (Wildman–Crippen LogP) is 5.13. The van der Waals surface area contributed by atoms with Gasteiger partial charge in [-0.15, -0.1) is 0 Å². The maximum atomic E-state index is 6.11. The first-order chi connectivity index (χ1) is 7.71. The molecule has 0 fully saturated rings. The molecule has 1 nitrogen and oxygen atoms in total. The molecular formula is C13H18BrIO. The van der Waals surface area contributed by atoms with Gasteiger partial charge in [-0.1, -0.05) is 64.5 Å². The van der Waals surface area contributed by atoms with E-state index in [0.717, 1.165) is 21.7 Å². The molecule has 3 heteroatoms. The molecule has 0 heterocycles. The van der Waals surface area contributed by atoms with E-state index in [1.165, 1.54) is 5.56 Å². The Morgan fingerprint density at radius 1 is 1.31 bits per heavy atom. The van der Waals surface area contributed by atoms with Crippen LogP contribution in [0.15, 0.2) is 28.7 Å². The molecule has 0 saturated heterocycles. The van der Waals surface area contributed by atoms with Gasteiger partial charge in [-0.2, -0.15) is 0 Å². The van der Waals surface area contributed by atoms with Gasteiger partial charge in [0.2, 0.25) is 0 Å². The lowest BCUT2D eigenvalue weighted by atomic mass is 10.1. The van der Waals surface area contributed by atoms with Gasteiger partial charge in [0, 0.05) is 8.90 Å². The van der Waals surface area contributed by atoms with Gasteiger partial charge in [0.1, 0.15) is 0 Å². The highest BCUT2D eigenvalue weighted by molar-refractivity contribution is 14.1. The second-order valence-corrected chi connectivity index (χ2v) is 5.57. The monoisotopic (exact) mass is 396 g/mol. The standard InChI is InChI=1S/C13H18BrIO/c1-3-12(4-2)16-13(9-15)10-6-5-7-11(14)8-10/h5-8,12-13H,3-4,9H2,1-2H3. The van der Waals surface area contributed by atoms with E-state index in [1.807, 2.05) is 6.07 Å². The van der Waals surface area contributed by atoms with E-state index in [4.69, 9.17) is 4.74 Å². The highest BCUT2D eigenvalue weighted by Gasteiger charge is 2.15. The third-order valence-corrected chi connectivity index (χ3v) is 3.92. The number of ether oxygens (including phenoxy) is 1. The highest BCUT2D eigenvalue weighted by Crippen LogP contribution is 2.25. The summed E-state index contributed by atoms with van der Waals surface area (Å²) >= 11 is 5.89. The van der Waals surface area contributed by atoms with E-state index >= 15 is 0 Å². The molecule has 1 aromatic rings. The van der Waals surface area contributed by atoms with Crippen molar-refractivity contribution in [1.29, 1.82) is 0 Å². The van der Waals surface area contributed by atoms with Crippen molar-refractivity contribution in [3.63, 3.8) is 0 Å². The highest BCUT2D eigenvalue weighted by atomic mass is 127. The van der Waals surface area contributed by atoms with E-state index in [1.54, 1.807) is 0 Å². The molecule has 0 radical (unpaired) electrons. The zero-order chi connectivity index (χ0) is 12.0. The normalized spacial score (nSPS) is 13.1. The average Bonchev–Trinajstić information content (AvgIpc) is 2.31. The quantitative estimate of drug-likeness (QED) is 0.478. The molecule has 0 aliphatic carbocycles. The maximum Gasteiger partial charge on any atom is 0.0918 e.